The van der Waals surface area contributed by atoms with Crippen LogP contribution in [0, 0.1) is 10.1 Å². The Morgan fingerprint density at radius 3 is 2.86 bits per heavy atom. The summed E-state index contributed by atoms with van der Waals surface area (Å²) in [6.07, 6.45) is 0. The van der Waals surface area contributed by atoms with E-state index in [-0.39, 0.29) is 11.4 Å². The summed E-state index contributed by atoms with van der Waals surface area (Å²) in [5.74, 6) is -0.215. The second-order valence-electron chi connectivity index (χ2n) is 2.49. The maximum atomic E-state index is 10.3. The lowest BCUT2D eigenvalue weighted by molar-refractivity contribution is -0.384. The summed E-state index contributed by atoms with van der Waals surface area (Å²) in [7, 11) is 0. The minimum atomic E-state index is -0.579. The zero-order chi connectivity index (χ0) is 10.6. The first-order valence-electron chi connectivity index (χ1n) is 4.00. The molecule has 14 heavy (non-hydrogen) atoms. The van der Waals surface area contributed by atoms with Crippen molar-refractivity contribution in [1.29, 1.82) is 0 Å². The molecule has 0 aliphatic rings. The third-order valence-corrected chi connectivity index (χ3v) is 1.52. The molecule has 1 aromatic rings. The molecule has 6 nitrogen and oxygen atoms in total. The SMILES string of the molecule is CCONc1ccc([N+](=O)[O-])cc1O. The molecule has 0 heterocycles. The van der Waals surface area contributed by atoms with Gasteiger partial charge in [-0.2, -0.15) is 0 Å². The van der Waals surface area contributed by atoms with Crippen LogP contribution in [0.1, 0.15) is 6.92 Å². The van der Waals surface area contributed by atoms with Crippen molar-refractivity contribution in [2.45, 2.75) is 6.92 Å². The summed E-state index contributed by atoms with van der Waals surface area (Å²) < 4.78 is 0. The number of anilines is 1. The van der Waals surface area contributed by atoms with Gasteiger partial charge in [0.15, 0.2) is 0 Å². The molecule has 0 spiro atoms. The highest BCUT2D eigenvalue weighted by atomic mass is 16.6. The number of nitrogens with one attached hydrogen (secondary N) is 1. The van der Waals surface area contributed by atoms with E-state index in [2.05, 4.69) is 5.48 Å². The largest absolute Gasteiger partial charge is 0.505 e. The summed E-state index contributed by atoms with van der Waals surface area (Å²) in [6, 6.07) is 3.71. The number of nitro benzene ring substituents is 1. The summed E-state index contributed by atoms with van der Waals surface area (Å²) >= 11 is 0. The average Bonchev–Trinajstić information content (AvgIpc) is 2.15. The zero-order valence-electron chi connectivity index (χ0n) is 7.56. The third kappa shape index (κ3) is 2.33. The van der Waals surface area contributed by atoms with Crippen LogP contribution in [0.2, 0.25) is 0 Å². The summed E-state index contributed by atoms with van der Waals surface area (Å²) in [5, 5.41) is 19.6. The molecule has 0 saturated carbocycles. The predicted molar refractivity (Wildman–Crippen MR) is 50.0 cm³/mol. The Labute approximate surface area is 80.2 Å². The smallest absolute Gasteiger partial charge is 0.273 e. The summed E-state index contributed by atoms with van der Waals surface area (Å²) in [4.78, 5) is 14.6. The van der Waals surface area contributed by atoms with Gasteiger partial charge in [-0.1, -0.05) is 0 Å². The third-order valence-electron chi connectivity index (χ3n) is 1.52. The van der Waals surface area contributed by atoms with E-state index >= 15 is 0 Å². The van der Waals surface area contributed by atoms with E-state index in [4.69, 9.17) is 4.84 Å². The van der Waals surface area contributed by atoms with Crippen molar-refractivity contribution in [2.75, 3.05) is 12.1 Å². The lowest BCUT2D eigenvalue weighted by Gasteiger charge is -2.06. The number of non-ortho nitro benzene ring substituents is 1. The molecule has 6 heteroatoms. The number of nitrogens with zero attached hydrogens (tertiary/aromatic N) is 1. The van der Waals surface area contributed by atoms with Gasteiger partial charge in [-0.25, -0.2) is 0 Å². The topological polar surface area (TPSA) is 84.6 Å². The maximum absolute atomic E-state index is 10.3. The van der Waals surface area contributed by atoms with Gasteiger partial charge >= 0.3 is 0 Å². The van der Waals surface area contributed by atoms with Crippen molar-refractivity contribution in [3.8, 4) is 5.75 Å². The number of hydrogen-bond donors (Lipinski definition) is 2. The Morgan fingerprint density at radius 1 is 1.64 bits per heavy atom. The van der Waals surface area contributed by atoms with Crippen molar-refractivity contribution < 1.29 is 14.9 Å². The van der Waals surface area contributed by atoms with E-state index in [0.29, 0.717) is 12.3 Å². The molecule has 0 aromatic heterocycles. The normalized spacial score (nSPS) is 9.79. The van der Waals surface area contributed by atoms with E-state index in [9.17, 15) is 15.2 Å². The van der Waals surface area contributed by atoms with Gasteiger partial charge in [0.25, 0.3) is 5.69 Å². The Morgan fingerprint density at radius 2 is 2.36 bits per heavy atom. The number of aromatic hydroxyl groups is 1. The van der Waals surface area contributed by atoms with Gasteiger partial charge in [-0.05, 0) is 13.0 Å². The predicted octanol–water partition coefficient (Wildman–Crippen LogP) is 1.66. The van der Waals surface area contributed by atoms with E-state index in [1.54, 1.807) is 6.92 Å². The van der Waals surface area contributed by atoms with E-state index in [1.165, 1.54) is 12.1 Å². The van der Waals surface area contributed by atoms with Gasteiger partial charge in [0.2, 0.25) is 0 Å². The summed E-state index contributed by atoms with van der Waals surface area (Å²) in [5.41, 5.74) is 2.60. The van der Waals surface area contributed by atoms with Crippen molar-refractivity contribution in [2.24, 2.45) is 0 Å². The number of benzene rings is 1. The van der Waals surface area contributed by atoms with E-state index in [1.807, 2.05) is 0 Å². The number of phenolic OH excluding ortho intramolecular Hbond substituents is 1. The second kappa shape index (κ2) is 4.43. The first-order chi connectivity index (χ1) is 6.65. The van der Waals surface area contributed by atoms with Gasteiger partial charge in [-0.3, -0.25) is 20.4 Å². The van der Waals surface area contributed by atoms with Crippen LogP contribution in [0.15, 0.2) is 18.2 Å². The summed E-state index contributed by atoms with van der Waals surface area (Å²) in [6.45, 7) is 2.20. The highest BCUT2D eigenvalue weighted by Gasteiger charge is 2.09. The Balaban J connectivity index is 2.84. The Hall–Kier alpha value is -1.82. The molecule has 1 aromatic carbocycles. The molecule has 0 aliphatic heterocycles. The Bertz CT molecular complexity index is 340. The van der Waals surface area contributed by atoms with Crippen molar-refractivity contribution in [3.63, 3.8) is 0 Å². The molecular formula is C8H10N2O4. The van der Waals surface area contributed by atoms with Crippen molar-refractivity contribution in [3.05, 3.63) is 28.3 Å². The van der Waals surface area contributed by atoms with Crippen LogP contribution in [0.4, 0.5) is 11.4 Å². The number of nitro groups is 1. The van der Waals surface area contributed by atoms with Gasteiger partial charge in [0.1, 0.15) is 11.4 Å². The van der Waals surface area contributed by atoms with Crippen LogP contribution >= 0.6 is 0 Å². The van der Waals surface area contributed by atoms with Crippen LogP contribution in [0.3, 0.4) is 0 Å². The van der Waals surface area contributed by atoms with Crippen molar-refractivity contribution >= 4 is 11.4 Å². The second-order valence-corrected chi connectivity index (χ2v) is 2.49. The van der Waals surface area contributed by atoms with Crippen LogP contribution in [-0.2, 0) is 4.84 Å². The first-order valence-corrected chi connectivity index (χ1v) is 4.00. The minimum Gasteiger partial charge on any atom is -0.505 e. The molecule has 2 N–H and O–H groups in total. The molecule has 76 valence electrons. The fraction of sp³-hybridized carbons (Fsp3) is 0.250. The van der Waals surface area contributed by atoms with Crippen LogP contribution in [-0.4, -0.2) is 16.6 Å². The van der Waals surface area contributed by atoms with Gasteiger partial charge < -0.3 is 5.11 Å². The maximum Gasteiger partial charge on any atom is 0.273 e. The minimum absolute atomic E-state index is 0.162. The number of rotatable bonds is 4. The molecule has 1 rings (SSSR count). The quantitative estimate of drug-likeness (QED) is 0.436. The molecule has 0 amide bonds. The zero-order valence-corrected chi connectivity index (χ0v) is 7.56. The molecule has 0 bridgehead atoms. The Kier molecular flexibility index (Phi) is 3.24. The lowest BCUT2D eigenvalue weighted by atomic mass is 10.2. The number of hydrogen-bond acceptors (Lipinski definition) is 5. The molecule has 0 saturated heterocycles. The molecule has 0 radical (unpaired) electrons. The van der Waals surface area contributed by atoms with Crippen molar-refractivity contribution in [1.82, 2.24) is 0 Å². The van der Waals surface area contributed by atoms with Gasteiger partial charge in [-0.15, -0.1) is 0 Å². The monoisotopic (exact) mass is 198 g/mol. The first kappa shape index (κ1) is 10.3. The lowest BCUT2D eigenvalue weighted by Crippen LogP contribution is -2.00. The van der Waals surface area contributed by atoms with Crippen LogP contribution in [0.5, 0.6) is 5.75 Å². The molecular weight excluding hydrogens is 188 g/mol. The van der Waals surface area contributed by atoms with Crippen LogP contribution < -0.4 is 5.48 Å². The fourth-order valence-electron chi connectivity index (χ4n) is 0.870. The molecule has 0 atom stereocenters. The van der Waals surface area contributed by atoms with E-state index in [0.717, 1.165) is 6.07 Å². The highest BCUT2D eigenvalue weighted by Crippen LogP contribution is 2.27. The highest BCUT2D eigenvalue weighted by molar-refractivity contribution is 5.58. The van der Waals surface area contributed by atoms with Gasteiger partial charge in [0.05, 0.1) is 17.6 Å². The molecule has 0 unspecified atom stereocenters. The van der Waals surface area contributed by atoms with E-state index < -0.39 is 4.92 Å². The molecule has 0 aliphatic carbocycles. The standard InChI is InChI=1S/C8H10N2O4/c1-2-14-9-7-4-3-6(10(12)13)5-8(7)11/h3-5,9,11H,2H2,1H3. The van der Waals surface area contributed by atoms with Gasteiger partial charge in [0, 0.05) is 6.07 Å². The van der Waals surface area contributed by atoms with Crippen LogP contribution in [0.25, 0.3) is 0 Å². The fourth-order valence-corrected chi connectivity index (χ4v) is 0.870. The number of phenols is 1. The average molecular weight is 198 g/mol. The molecule has 0 fully saturated rings.